The Bertz CT molecular complexity index is 555. The van der Waals surface area contributed by atoms with Crippen LogP contribution in [0.3, 0.4) is 0 Å². The van der Waals surface area contributed by atoms with Gasteiger partial charge in [-0.3, -0.25) is 0 Å². The van der Waals surface area contributed by atoms with Gasteiger partial charge in [0, 0.05) is 26.3 Å². The summed E-state index contributed by atoms with van der Waals surface area (Å²) in [5.74, 6) is 0.670. The average molecular weight is 311 g/mol. The minimum Gasteiger partial charge on any atom is -0.373 e. The molecule has 1 saturated heterocycles. The number of hydrogen-bond donors (Lipinski definition) is 1. The summed E-state index contributed by atoms with van der Waals surface area (Å²) < 4.78 is 26.9. The second-order valence-corrected chi connectivity index (χ2v) is 7.68. The fourth-order valence-corrected chi connectivity index (χ4v) is 4.38. The maximum Gasteiger partial charge on any atom is 0.244 e. The van der Waals surface area contributed by atoms with Crippen molar-refractivity contribution in [3.8, 4) is 0 Å². The molecular weight excluding hydrogens is 286 g/mol. The summed E-state index contributed by atoms with van der Waals surface area (Å²) in [6.07, 6.45) is 5.57. The molecule has 118 valence electrons. The summed E-state index contributed by atoms with van der Waals surface area (Å²) in [5.41, 5.74) is 0.320. The zero-order valence-corrected chi connectivity index (χ0v) is 13.9. The van der Waals surface area contributed by atoms with Crippen LogP contribution in [0.5, 0.6) is 0 Å². The predicted molar refractivity (Wildman–Crippen MR) is 84.8 cm³/mol. The molecule has 0 atom stereocenters. The number of hydrogen-bond acceptors (Lipinski definition) is 4. The third kappa shape index (κ3) is 3.21. The van der Waals surface area contributed by atoms with E-state index in [0.717, 1.165) is 25.7 Å². The summed E-state index contributed by atoms with van der Waals surface area (Å²) in [6, 6.07) is 3.31. The highest BCUT2D eigenvalue weighted by Crippen LogP contribution is 2.39. The average Bonchev–Trinajstić information content (AvgIpc) is 2.55. The molecule has 1 aliphatic heterocycles. The lowest BCUT2D eigenvalue weighted by molar-refractivity contribution is 0.141. The van der Waals surface area contributed by atoms with Crippen LogP contribution in [0.25, 0.3) is 0 Å². The van der Waals surface area contributed by atoms with E-state index in [0.29, 0.717) is 24.3 Å². The minimum atomic E-state index is -3.41. The maximum atomic E-state index is 12.6. The molecule has 1 aromatic rings. The number of aromatic nitrogens is 1. The molecule has 0 bridgehead atoms. The largest absolute Gasteiger partial charge is 0.373 e. The summed E-state index contributed by atoms with van der Waals surface area (Å²) >= 11 is 0. The highest BCUT2D eigenvalue weighted by molar-refractivity contribution is 7.89. The second kappa shape index (κ2) is 6.32. The van der Waals surface area contributed by atoms with E-state index in [1.54, 1.807) is 23.5 Å². The third-order valence-electron chi connectivity index (χ3n) is 4.91. The Labute approximate surface area is 127 Å². The van der Waals surface area contributed by atoms with Crippen molar-refractivity contribution < 1.29 is 8.42 Å². The van der Waals surface area contributed by atoms with Crippen LogP contribution in [0, 0.1) is 5.41 Å². The van der Waals surface area contributed by atoms with E-state index < -0.39 is 10.0 Å². The van der Waals surface area contributed by atoms with Crippen molar-refractivity contribution in [1.29, 1.82) is 0 Å². The molecule has 2 rings (SSSR count). The molecule has 0 unspecified atom stereocenters. The first-order valence-electron chi connectivity index (χ1n) is 7.61. The lowest BCUT2D eigenvalue weighted by atomic mass is 9.75. The Hall–Kier alpha value is -1.14. The van der Waals surface area contributed by atoms with Gasteiger partial charge in [0.25, 0.3) is 0 Å². The van der Waals surface area contributed by atoms with E-state index >= 15 is 0 Å². The van der Waals surface area contributed by atoms with Crippen LogP contribution >= 0.6 is 0 Å². The number of pyridine rings is 1. The molecular formula is C15H25N3O2S. The summed E-state index contributed by atoms with van der Waals surface area (Å²) in [5, 5.41) is 2.89. The van der Waals surface area contributed by atoms with Gasteiger partial charge in [-0.1, -0.05) is 26.7 Å². The van der Waals surface area contributed by atoms with Crippen molar-refractivity contribution in [3.05, 3.63) is 18.3 Å². The van der Waals surface area contributed by atoms with E-state index in [2.05, 4.69) is 24.1 Å². The molecule has 0 amide bonds. The highest BCUT2D eigenvalue weighted by Gasteiger charge is 2.36. The minimum absolute atomic E-state index is 0.280. The van der Waals surface area contributed by atoms with E-state index in [9.17, 15) is 8.42 Å². The molecule has 1 aliphatic rings. The van der Waals surface area contributed by atoms with Gasteiger partial charge in [-0.2, -0.15) is 4.31 Å². The molecule has 1 aromatic heterocycles. The molecule has 0 spiro atoms. The van der Waals surface area contributed by atoms with Crippen LogP contribution in [0.15, 0.2) is 23.2 Å². The molecule has 0 aliphatic carbocycles. The van der Waals surface area contributed by atoms with Crippen molar-refractivity contribution in [2.75, 3.05) is 25.5 Å². The summed E-state index contributed by atoms with van der Waals surface area (Å²) in [4.78, 5) is 4.38. The fourth-order valence-electron chi connectivity index (χ4n) is 2.99. The van der Waals surface area contributed by atoms with Crippen LogP contribution in [-0.4, -0.2) is 37.8 Å². The van der Waals surface area contributed by atoms with Crippen LogP contribution in [0.1, 0.15) is 39.5 Å². The molecule has 1 fully saturated rings. The molecule has 21 heavy (non-hydrogen) atoms. The monoisotopic (exact) mass is 311 g/mol. The first-order valence-corrected chi connectivity index (χ1v) is 9.05. The van der Waals surface area contributed by atoms with E-state index in [4.69, 9.17) is 0 Å². The zero-order valence-electron chi connectivity index (χ0n) is 13.1. The van der Waals surface area contributed by atoms with Gasteiger partial charge in [0.05, 0.1) is 0 Å². The number of rotatable bonds is 5. The lowest BCUT2D eigenvalue weighted by Crippen LogP contribution is -2.42. The maximum absolute atomic E-state index is 12.6. The Morgan fingerprint density at radius 1 is 1.24 bits per heavy atom. The predicted octanol–water partition coefficient (Wildman–Crippen LogP) is 2.71. The first-order chi connectivity index (χ1) is 9.97. The smallest absolute Gasteiger partial charge is 0.244 e. The van der Waals surface area contributed by atoms with E-state index in [1.807, 2.05) is 0 Å². The number of piperidine rings is 1. The topological polar surface area (TPSA) is 62.3 Å². The van der Waals surface area contributed by atoms with Gasteiger partial charge >= 0.3 is 0 Å². The molecule has 0 aromatic carbocycles. The van der Waals surface area contributed by atoms with Gasteiger partial charge in [-0.15, -0.1) is 0 Å². The van der Waals surface area contributed by atoms with Crippen molar-refractivity contribution in [3.63, 3.8) is 0 Å². The number of sulfonamides is 1. The quantitative estimate of drug-likeness (QED) is 0.908. The molecule has 5 nitrogen and oxygen atoms in total. The van der Waals surface area contributed by atoms with Gasteiger partial charge < -0.3 is 5.32 Å². The summed E-state index contributed by atoms with van der Waals surface area (Å²) in [7, 11) is -1.65. The van der Waals surface area contributed by atoms with Crippen molar-refractivity contribution in [2.24, 2.45) is 5.41 Å². The number of nitrogens with one attached hydrogen (secondary N) is 1. The standard InChI is InChI=1S/C15H25N3O2S/c1-4-15(5-2)8-10-18(11-9-15)21(19,20)13-6-7-14(16-3)17-12-13/h6-7,12H,4-5,8-11H2,1-3H3,(H,16,17). The molecule has 1 N–H and O–H groups in total. The van der Waals surface area contributed by atoms with Crippen LogP contribution in [0.4, 0.5) is 5.82 Å². The normalized spacial score (nSPS) is 19.4. The van der Waals surface area contributed by atoms with Gasteiger partial charge in [-0.25, -0.2) is 13.4 Å². The zero-order chi connectivity index (χ0) is 15.5. The van der Waals surface area contributed by atoms with E-state index in [1.165, 1.54) is 6.20 Å². The Morgan fingerprint density at radius 3 is 2.29 bits per heavy atom. The Morgan fingerprint density at radius 2 is 1.86 bits per heavy atom. The van der Waals surface area contributed by atoms with Gasteiger partial charge in [0.1, 0.15) is 10.7 Å². The molecule has 6 heteroatoms. The number of anilines is 1. The van der Waals surface area contributed by atoms with Crippen LogP contribution in [0.2, 0.25) is 0 Å². The van der Waals surface area contributed by atoms with E-state index in [-0.39, 0.29) is 4.90 Å². The van der Waals surface area contributed by atoms with Gasteiger partial charge in [-0.05, 0) is 30.4 Å². The van der Waals surface area contributed by atoms with Gasteiger partial charge in [0.2, 0.25) is 10.0 Å². The van der Waals surface area contributed by atoms with Crippen molar-refractivity contribution in [1.82, 2.24) is 9.29 Å². The van der Waals surface area contributed by atoms with Crippen molar-refractivity contribution in [2.45, 2.75) is 44.4 Å². The third-order valence-corrected chi connectivity index (χ3v) is 6.80. The lowest BCUT2D eigenvalue weighted by Gasteiger charge is -2.40. The summed E-state index contributed by atoms with van der Waals surface area (Å²) in [6.45, 7) is 5.62. The van der Waals surface area contributed by atoms with Gasteiger partial charge in [0.15, 0.2) is 0 Å². The van der Waals surface area contributed by atoms with Crippen LogP contribution < -0.4 is 5.32 Å². The molecule has 0 radical (unpaired) electrons. The number of nitrogens with zero attached hydrogens (tertiary/aromatic N) is 2. The fraction of sp³-hybridized carbons (Fsp3) is 0.667. The van der Waals surface area contributed by atoms with Crippen molar-refractivity contribution >= 4 is 15.8 Å². The molecule has 2 heterocycles. The Kier molecular flexibility index (Phi) is 4.88. The SMILES string of the molecule is CCC1(CC)CCN(S(=O)(=O)c2ccc(NC)nc2)CC1. The second-order valence-electron chi connectivity index (χ2n) is 5.74. The molecule has 0 saturated carbocycles. The first kappa shape index (κ1) is 16.2. The Balaban J connectivity index is 2.14. The van der Waals surface area contributed by atoms with Crippen LogP contribution in [-0.2, 0) is 10.0 Å². The highest BCUT2D eigenvalue weighted by atomic mass is 32.2.